The molecule has 0 aromatic heterocycles. The van der Waals surface area contributed by atoms with Crippen molar-refractivity contribution in [3.8, 4) is 0 Å². The number of ether oxygens (including phenoxy) is 1. The highest BCUT2D eigenvalue weighted by Crippen LogP contribution is 2.16. The van der Waals surface area contributed by atoms with Gasteiger partial charge in [-0.15, -0.1) is 0 Å². The van der Waals surface area contributed by atoms with Crippen molar-refractivity contribution in [1.82, 2.24) is 4.90 Å². The molecule has 0 aliphatic carbocycles. The van der Waals surface area contributed by atoms with Gasteiger partial charge in [0.15, 0.2) is 0 Å². The number of hydrogen-bond acceptors (Lipinski definition) is 3. The minimum absolute atomic E-state index is 0.398. The van der Waals surface area contributed by atoms with Gasteiger partial charge in [0.05, 0.1) is 12.6 Å². The predicted molar refractivity (Wildman–Crippen MR) is 54.3 cm³/mol. The van der Waals surface area contributed by atoms with Gasteiger partial charge in [0.1, 0.15) is 5.78 Å². The molecule has 14 heavy (non-hydrogen) atoms. The molecule has 0 N–H and O–H groups in total. The summed E-state index contributed by atoms with van der Waals surface area (Å²) in [5.74, 6) is 0.398. The average molecular weight is 197 g/mol. The number of hydrogen-bond donors (Lipinski definition) is 0. The number of carbonyl (C=O) groups excluding carboxylic acids is 1. The van der Waals surface area contributed by atoms with Crippen LogP contribution >= 0.6 is 0 Å². The zero-order valence-electron chi connectivity index (χ0n) is 8.71. The van der Waals surface area contributed by atoms with Crippen LogP contribution in [0.1, 0.15) is 32.1 Å². The molecule has 0 aromatic rings. The molecule has 3 nitrogen and oxygen atoms in total. The third-order valence-electron chi connectivity index (χ3n) is 3.15. The summed E-state index contributed by atoms with van der Waals surface area (Å²) in [6.07, 6.45) is 6.06. The van der Waals surface area contributed by atoms with E-state index >= 15 is 0 Å². The van der Waals surface area contributed by atoms with Crippen LogP contribution in [-0.2, 0) is 9.53 Å². The summed E-state index contributed by atoms with van der Waals surface area (Å²) in [6.45, 7) is 3.61. The number of Topliss-reactive ketones (excluding diaryl/α,β-unsaturated/α-hetero) is 1. The first kappa shape index (κ1) is 10.1. The fourth-order valence-electron chi connectivity index (χ4n) is 2.24. The van der Waals surface area contributed by atoms with Crippen LogP contribution in [0, 0.1) is 0 Å². The highest BCUT2D eigenvalue weighted by molar-refractivity contribution is 5.82. The second kappa shape index (κ2) is 4.89. The number of carbonyl (C=O) groups is 1. The Hall–Kier alpha value is -0.410. The topological polar surface area (TPSA) is 29.5 Å². The van der Waals surface area contributed by atoms with Crippen LogP contribution in [-0.4, -0.2) is 43.0 Å². The van der Waals surface area contributed by atoms with Crippen molar-refractivity contribution in [3.63, 3.8) is 0 Å². The zero-order valence-corrected chi connectivity index (χ0v) is 8.71. The Labute approximate surface area is 85.4 Å². The van der Waals surface area contributed by atoms with E-state index in [1.165, 1.54) is 19.3 Å². The summed E-state index contributed by atoms with van der Waals surface area (Å²) in [7, 11) is 0. The minimum atomic E-state index is 0.398. The summed E-state index contributed by atoms with van der Waals surface area (Å²) < 4.78 is 5.65. The Kier molecular flexibility index (Phi) is 3.54. The third-order valence-corrected chi connectivity index (χ3v) is 3.15. The van der Waals surface area contributed by atoms with Crippen LogP contribution in [0.15, 0.2) is 0 Å². The number of likely N-dealkylation sites (tertiary alicyclic amines) is 1. The molecule has 0 saturated carbocycles. The largest absolute Gasteiger partial charge is 0.378 e. The second-order valence-electron chi connectivity index (χ2n) is 4.34. The summed E-state index contributed by atoms with van der Waals surface area (Å²) in [5, 5.41) is 0. The van der Waals surface area contributed by atoms with Gasteiger partial charge in [-0.25, -0.2) is 0 Å². The minimum Gasteiger partial charge on any atom is -0.378 e. The molecule has 0 aromatic carbocycles. The molecule has 0 spiro atoms. The van der Waals surface area contributed by atoms with Gasteiger partial charge in [-0.05, 0) is 25.7 Å². The quantitative estimate of drug-likeness (QED) is 0.681. The monoisotopic (exact) mass is 197 g/mol. The summed E-state index contributed by atoms with van der Waals surface area (Å²) in [6, 6.07) is 0. The van der Waals surface area contributed by atoms with Crippen LogP contribution in [0.25, 0.3) is 0 Å². The van der Waals surface area contributed by atoms with E-state index in [0.29, 0.717) is 18.4 Å². The van der Waals surface area contributed by atoms with E-state index in [4.69, 9.17) is 4.74 Å². The van der Waals surface area contributed by atoms with Crippen LogP contribution in [0.5, 0.6) is 0 Å². The predicted octanol–water partition coefficient (Wildman–Crippen LogP) is 1.22. The molecular formula is C11H19NO2. The lowest BCUT2D eigenvalue weighted by atomic mass is 10.1. The van der Waals surface area contributed by atoms with E-state index in [1.807, 2.05) is 0 Å². The highest BCUT2D eigenvalue weighted by atomic mass is 16.5. The zero-order chi connectivity index (χ0) is 9.80. The fraction of sp³-hybridized carbons (Fsp3) is 0.909. The van der Waals surface area contributed by atoms with Crippen molar-refractivity contribution in [3.05, 3.63) is 0 Å². The Balaban J connectivity index is 1.63. The average Bonchev–Trinajstić information content (AvgIpc) is 2.63. The first-order valence-electron chi connectivity index (χ1n) is 5.70. The number of rotatable bonds is 3. The third kappa shape index (κ3) is 2.79. The molecule has 0 radical (unpaired) electrons. The molecule has 0 bridgehead atoms. The first-order valence-corrected chi connectivity index (χ1v) is 5.70. The van der Waals surface area contributed by atoms with E-state index < -0.39 is 0 Å². The summed E-state index contributed by atoms with van der Waals surface area (Å²) in [4.78, 5) is 13.3. The van der Waals surface area contributed by atoms with Gasteiger partial charge in [0.2, 0.25) is 0 Å². The summed E-state index contributed by atoms with van der Waals surface area (Å²) >= 11 is 0. The molecule has 1 atom stereocenters. The molecule has 2 fully saturated rings. The Morgan fingerprint density at radius 3 is 3.00 bits per heavy atom. The van der Waals surface area contributed by atoms with E-state index in [2.05, 4.69) is 4.90 Å². The lowest BCUT2D eigenvalue weighted by Gasteiger charge is -2.24. The van der Waals surface area contributed by atoms with Crippen LogP contribution < -0.4 is 0 Å². The van der Waals surface area contributed by atoms with Gasteiger partial charge in [0, 0.05) is 26.1 Å². The van der Waals surface area contributed by atoms with Crippen LogP contribution in [0.4, 0.5) is 0 Å². The van der Waals surface area contributed by atoms with Crippen molar-refractivity contribution in [2.24, 2.45) is 0 Å². The fourth-order valence-corrected chi connectivity index (χ4v) is 2.24. The van der Waals surface area contributed by atoms with Crippen LogP contribution in [0.3, 0.4) is 0 Å². The lowest BCUT2D eigenvalue weighted by molar-refractivity contribution is -0.116. The SMILES string of the molecule is O=C1CCN(CCC2CCCCO2)C1. The Bertz CT molecular complexity index is 199. The number of ketones is 1. The molecule has 80 valence electrons. The van der Waals surface area contributed by atoms with Crippen LogP contribution in [0.2, 0.25) is 0 Å². The molecule has 2 aliphatic heterocycles. The van der Waals surface area contributed by atoms with Gasteiger partial charge >= 0.3 is 0 Å². The van der Waals surface area contributed by atoms with E-state index in [0.717, 1.165) is 32.5 Å². The van der Waals surface area contributed by atoms with Gasteiger partial charge in [-0.2, -0.15) is 0 Å². The normalized spacial score (nSPS) is 29.7. The van der Waals surface area contributed by atoms with E-state index in [9.17, 15) is 4.79 Å². The van der Waals surface area contributed by atoms with Gasteiger partial charge in [-0.3, -0.25) is 9.69 Å². The maximum absolute atomic E-state index is 11.0. The van der Waals surface area contributed by atoms with Crippen molar-refractivity contribution in [1.29, 1.82) is 0 Å². The molecular weight excluding hydrogens is 178 g/mol. The number of nitrogens with zero attached hydrogens (tertiary/aromatic N) is 1. The van der Waals surface area contributed by atoms with Crippen molar-refractivity contribution >= 4 is 5.78 Å². The van der Waals surface area contributed by atoms with E-state index in [-0.39, 0.29) is 0 Å². The smallest absolute Gasteiger partial charge is 0.148 e. The van der Waals surface area contributed by atoms with Gasteiger partial charge in [0.25, 0.3) is 0 Å². The molecule has 2 heterocycles. The van der Waals surface area contributed by atoms with Crippen molar-refractivity contribution in [2.45, 2.75) is 38.2 Å². The highest BCUT2D eigenvalue weighted by Gasteiger charge is 2.21. The molecule has 3 heteroatoms. The lowest BCUT2D eigenvalue weighted by Crippen LogP contribution is -2.28. The maximum Gasteiger partial charge on any atom is 0.148 e. The maximum atomic E-state index is 11.0. The Morgan fingerprint density at radius 1 is 1.43 bits per heavy atom. The van der Waals surface area contributed by atoms with Gasteiger partial charge < -0.3 is 4.74 Å². The first-order chi connectivity index (χ1) is 6.84. The molecule has 2 aliphatic rings. The molecule has 0 amide bonds. The van der Waals surface area contributed by atoms with Crippen molar-refractivity contribution < 1.29 is 9.53 Å². The van der Waals surface area contributed by atoms with Crippen molar-refractivity contribution in [2.75, 3.05) is 26.2 Å². The summed E-state index contributed by atoms with van der Waals surface area (Å²) in [5.41, 5.74) is 0. The standard InChI is InChI=1S/C11H19NO2/c13-10-4-6-12(9-10)7-5-11-3-1-2-8-14-11/h11H,1-9H2. The molecule has 1 unspecified atom stereocenters. The second-order valence-corrected chi connectivity index (χ2v) is 4.34. The van der Waals surface area contributed by atoms with Gasteiger partial charge in [-0.1, -0.05) is 0 Å². The molecule has 2 rings (SSSR count). The molecule has 2 saturated heterocycles. The Morgan fingerprint density at radius 2 is 2.36 bits per heavy atom. The van der Waals surface area contributed by atoms with E-state index in [1.54, 1.807) is 0 Å².